The van der Waals surface area contributed by atoms with E-state index in [-0.39, 0.29) is 12.1 Å². The van der Waals surface area contributed by atoms with Gasteiger partial charge < -0.3 is 18.3 Å². The second-order valence-corrected chi connectivity index (χ2v) is 9.29. The van der Waals surface area contributed by atoms with Crippen LogP contribution >= 0.6 is 0 Å². The Labute approximate surface area is 129 Å². The summed E-state index contributed by atoms with van der Waals surface area (Å²) in [7, 11) is 2.48. The van der Waals surface area contributed by atoms with Crippen LogP contribution in [0.15, 0.2) is 0 Å². The minimum Gasteiger partial charge on any atom is -0.459 e. The molecule has 2 atom stereocenters. The van der Waals surface area contributed by atoms with Crippen molar-refractivity contribution in [1.29, 1.82) is 0 Å². The van der Waals surface area contributed by atoms with Gasteiger partial charge >= 0.3 is 14.5 Å². The Bertz CT molecular complexity index is 332. The Balaban J connectivity index is 3.11. The minimum atomic E-state index is -2.58. The monoisotopic (exact) mass is 318 g/mol. The van der Waals surface area contributed by atoms with E-state index in [0.29, 0.717) is 6.42 Å². The number of rotatable bonds is 8. The molecule has 0 N–H and O–H groups in total. The first kappa shape index (κ1) is 18.6. The lowest BCUT2D eigenvalue weighted by molar-refractivity contribution is -0.167. The molecule has 0 spiro atoms. The molecule has 5 nitrogen and oxygen atoms in total. The first-order valence-electron chi connectivity index (χ1n) is 7.90. The summed E-state index contributed by atoms with van der Waals surface area (Å²) in [4.78, 5) is 12.0. The molecule has 0 saturated carbocycles. The van der Waals surface area contributed by atoms with Crippen molar-refractivity contribution in [1.82, 2.24) is 0 Å². The predicted octanol–water partition coefficient (Wildman–Crippen LogP) is 2.95. The third-order valence-corrected chi connectivity index (χ3v) is 8.91. The third-order valence-electron chi connectivity index (χ3n) is 4.51. The maximum atomic E-state index is 12.0. The smallest absolute Gasteiger partial charge is 0.374 e. The van der Waals surface area contributed by atoms with Crippen molar-refractivity contribution in [2.45, 2.75) is 69.7 Å². The standard InChI is InChI=1S/C15H30O5Si/c1-6-9-14(16)20-13-10-8-12-21(18-4,19-5)15(13,17-3)11-7-2/h13H,6-12H2,1-5H3. The highest BCUT2D eigenvalue weighted by atomic mass is 28.4. The molecule has 0 aromatic carbocycles. The number of carbonyl (C=O) groups is 1. The molecule has 1 heterocycles. The van der Waals surface area contributed by atoms with Crippen LogP contribution in [-0.4, -0.2) is 47.2 Å². The quantitative estimate of drug-likeness (QED) is 0.509. The number of hydrogen-bond acceptors (Lipinski definition) is 5. The van der Waals surface area contributed by atoms with Crippen molar-refractivity contribution < 1.29 is 23.1 Å². The van der Waals surface area contributed by atoms with Crippen LogP contribution in [0.4, 0.5) is 0 Å². The van der Waals surface area contributed by atoms with Crippen molar-refractivity contribution >= 4 is 14.5 Å². The van der Waals surface area contributed by atoms with E-state index in [1.54, 1.807) is 21.3 Å². The molecular formula is C15H30O5Si. The Morgan fingerprint density at radius 1 is 1.19 bits per heavy atom. The largest absolute Gasteiger partial charge is 0.459 e. The van der Waals surface area contributed by atoms with Gasteiger partial charge in [-0.25, -0.2) is 0 Å². The zero-order valence-electron chi connectivity index (χ0n) is 14.1. The summed E-state index contributed by atoms with van der Waals surface area (Å²) < 4.78 is 23.4. The van der Waals surface area contributed by atoms with Gasteiger partial charge in [0.1, 0.15) is 11.3 Å². The first-order chi connectivity index (χ1) is 10.1. The third kappa shape index (κ3) is 3.49. The van der Waals surface area contributed by atoms with Gasteiger partial charge in [-0.15, -0.1) is 0 Å². The average molecular weight is 318 g/mol. The van der Waals surface area contributed by atoms with Crippen LogP contribution in [-0.2, 0) is 23.1 Å². The van der Waals surface area contributed by atoms with Crippen molar-refractivity contribution in [2.24, 2.45) is 0 Å². The zero-order valence-corrected chi connectivity index (χ0v) is 15.1. The fraction of sp³-hybridized carbons (Fsp3) is 0.933. The van der Waals surface area contributed by atoms with Gasteiger partial charge in [-0.05, 0) is 31.7 Å². The van der Waals surface area contributed by atoms with Crippen LogP contribution in [0.5, 0.6) is 0 Å². The second-order valence-electron chi connectivity index (χ2n) is 5.63. The molecule has 0 aromatic rings. The summed E-state index contributed by atoms with van der Waals surface area (Å²) in [5.41, 5.74) is 0. The molecule has 1 rings (SSSR count). The van der Waals surface area contributed by atoms with Crippen LogP contribution in [0.3, 0.4) is 0 Å². The molecule has 0 radical (unpaired) electrons. The van der Waals surface area contributed by atoms with Gasteiger partial charge in [0, 0.05) is 27.8 Å². The lowest BCUT2D eigenvalue weighted by Crippen LogP contribution is -2.71. The van der Waals surface area contributed by atoms with E-state index in [2.05, 4.69) is 6.92 Å². The van der Waals surface area contributed by atoms with Gasteiger partial charge in [0.15, 0.2) is 0 Å². The van der Waals surface area contributed by atoms with Crippen LogP contribution < -0.4 is 0 Å². The molecule has 0 bridgehead atoms. The fourth-order valence-corrected chi connectivity index (χ4v) is 7.53. The van der Waals surface area contributed by atoms with Crippen LogP contribution in [0.25, 0.3) is 0 Å². The van der Waals surface area contributed by atoms with Gasteiger partial charge in [0.2, 0.25) is 0 Å². The van der Waals surface area contributed by atoms with E-state index >= 15 is 0 Å². The second kappa shape index (κ2) is 8.27. The van der Waals surface area contributed by atoms with E-state index in [4.69, 9.17) is 18.3 Å². The van der Waals surface area contributed by atoms with Gasteiger partial charge in [-0.2, -0.15) is 0 Å². The maximum Gasteiger partial charge on any atom is 0.374 e. The highest BCUT2D eigenvalue weighted by Crippen LogP contribution is 2.44. The SMILES string of the molecule is CCCC(=O)OC1CCC[Si](OC)(OC)C1(CCC)OC. The van der Waals surface area contributed by atoms with Gasteiger partial charge in [0.05, 0.1) is 0 Å². The summed E-state index contributed by atoms with van der Waals surface area (Å²) in [6.45, 7) is 4.08. The molecule has 0 amide bonds. The van der Waals surface area contributed by atoms with E-state index < -0.39 is 13.8 Å². The number of ether oxygens (including phenoxy) is 2. The highest BCUT2D eigenvalue weighted by molar-refractivity contribution is 6.71. The summed E-state index contributed by atoms with van der Waals surface area (Å²) >= 11 is 0. The molecule has 124 valence electrons. The van der Waals surface area contributed by atoms with Crippen molar-refractivity contribution in [3.63, 3.8) is 0 Å². The summed E-state index contributed by atoms with van der Waals surface area (Å²) in [5, 5.41) is -0.618. The van der Waals surface area contributed by atoms with Crippen molar-refractivity contribution in [3.05, 3.63) is 0 Å². The van der Waals surface area contributed by atoms with Crippen molar-refractivity contribution in [3.8, 4) is 0 Å². The maximum absolute atomic E-state index is 12.0. The molecule has 1 fully saturated rings. The Hall–Kier alpha value is -0.433. The van der Waals surface area contributed by atoms with E-state index in [0.717, 1.165) is 38.1 Å². The molecule has 1 saturated heterocycles. The van der Waals surface area contributed by atoms with Crippen LogP contribution in [0.1, 0.15) is 52.4 Å². The van der Waals surface area contributed by atoms with Crippen molar-refractivity contribution in [2.75, 3.05) is 21.3 Å². The van der Waals surface area contributed by atoms with Crippen LogP contribution in [0, 0.1) is 0 Å². The fourth-order valence-electron chi connectivity index (χ4n) is 3.53. The molecule has 21 heavy (non-hydrogen) atoms. The Kier molecular flexibility index (Phi) is 7.33. The first-order valence-corrected chi connectivity index (χ1v) is 9.93. The minimum absolute atomic E-state index is 0.156. The van der Waals surface area contributed by atoms with Crippen LogP contribution in [0.2, 0.25) is 6.04 Å². The number of carbonyl (C=O) groups excluding carboxylic acids is 1. The highest BCUT2D eigenvalue weighted by Gasteiger charge is 2.64. The lowest BCUT2D eigenvalue weighted by Gasteiger charge is -2.51. The molecule has 2 unspecified atom stereocenters. The normalized spacial score (nSPS) is 28.3. The Morgan fingerprint density at radius 2 is 1.86 bits per heavy atom. The molecular weight excluding hydrogens is 288 g/mol. The summed E-state index contributed by atoms with van der Waals surface area (Å²) in [6.07, 6.45) is 4.41. The summed E-state index contributed by atoms with van der Waals surface area (Å²) in [5.74, 6) is -0.156. The number of hydrogen-bond donors (Lipinski definition) is 0. The van der Waals surface area contributed by atoms with Gasteiger partial charge in [-0.1, -0.05) is 20.3 Å². The van der Waals surface area contributed by atoms with E-state index in [1.807, 2.05) is 6.92 Å². The zero-order chi connectivity index (χ0) is 15.9. The van der Waals surface area contributed by atoms with Gasteiger partial charge in [0.25, 0.3) is 0 Å². The lowest BCUT2D eigenvalue weighted by atomic mass is 10.0. The van der Waals surface area contributed by atoms with Gasteiger partial charge in [-0.3, -0.25) is 4.79 Å². The molecule has 6 heteroatoms. The Morgan fingerprint density at radius 3 is 2.33 bits per heavy atom. The number of esters is 1. The predicted molar refractivity (Wildman–Crippen MR) is 83.2 cm³/mol. The topological polar surface area (TPSA) is 54.0 Å². The molecule has 0 aliphatic carbocycles. The van der Waals surface area contributed by atoms with E-state index in [1.165, 1.54) is 0 Å². The molecule has 1 aliphatic heterocycles. The summed E-state index contributed by atoms with van der Waals surface area (Å²) in [6, 6.07) is 0.871. The van der Waals surface area contributed by atoms with E-state index in [9.17, 15) is 4.79 Å². The number of methoxy groups -OCH3 is 1. The molecule has 0 aromatic heterocycles. The molecule has 1 aliphatic rings. The average Bonchev–Trinajstić information content (AvgIpc) is 2.49.